The van der Waals surface area contributed by atoms with Crippen LogP contribution in [0, 0.1) is 10.1 Å². The van der Waals surface area contributed by atoms with Crippen molar-refractivity contribution in [2.75, 3.05) is 21.3 Å². The van der Waals surface area contributed by atoms with E-state index in [1.807, 2.05) is 18.2 Å². The average molecular weight is 442 g/mol. The normalized spacial score (nSPS) is 17.5. The number of fused-ring (bicyclic) bond motifs is 2. The maximum atomic E-state index is 11.4. The first-order valence-corrected chi connectivity index (χ1v) is 10.3. The van der Waals surface area contributed by atoms with E-state index < -0.39 is 0 Å². The molecule has 9 heteroatoms. The molecule has 4 rings (SSSR count). The van der Waals surface area contributed by atoms with Gasteiger partial charge < -0.3 is 24.8 Å². The van der Waals surface area contributed by atoms with Gasteiger partial charge in [0, 0.05) is 23.4 Å². The summed E-state index contributed by atoms with van der Waals surface area (Å²) in [6.45, 7) is 0. The molecule has 1 aliphatic carbocycles. The molecule has 1 atom stereocenters. The highest BCUT2D eigenvalue weighted by Gasteiger charge is 2.31. The molecule has 2 aliphatic rings. The Labute approximate surface area is 185 Å². The molecule has 31 heavy (non-hydrogen) atoms. The quantitative estimate of drug-likeness (QED) is 0.410. The van der Waals surface area contributed by atoms with Crippen molar-refractivity contribution in [3.8, 4) is 17.2 Å². The Balaban J connectivity index is 1.89. The summed E-state index contributed by atoms with van der Waals surface area (Å²) >= 11 is 5.50. The molecule has 1 unspecified atom stereocenters. The fourth-order valence-corrected chi connectivity index (χ4v) is 4.47. The van der Waals surface area contributed by atoms with Gasteiger partial charge in [-0.05, 0) is 60.3 Å². The van der Waals surface area contributed by atoms with E-state index in [-0.39, 0.29) is 16.7 Å². The van der Waals surface area contributed by atoms with E-state index in [9.17, 15) is 10.1 Å². The molecule has 2 aromatic carbocycles. The molecular formula is C22H23N3O5S. The molecule has 0 saturated carbocycles. The van der Waals surface area contributed by atoms with Gasteiger partial charge in [-0.1, -0.05) is 6.07 Å². The van der Waals surface area contributed by atoms with E-state index in [1.54, 1.807) is 33.5 Å². The minimum absolute atomic E-state index is 0.0584. The van der Waals surface area contributed by atoms with E-state index in [0.29, 0.717) is 22.4 Å². The van der Waals surface area contributed by atoms with Crippen LogP contribution in [0.2, 0.25) is 0 Å². The molecule has 1 aliphatic heterocycles. The lowest BCUT2D eigenvalue weighted by Gasteiger charge is -2.32. The van der Waals surface area contributed by atoms with Crippen molar-refractivity contribution in [2.24, 2.45) is 0 Å². The number of thiocarbonyl (C=S) groups is 1. The van der Waals surface area contributed by atoms with Gasteiger partial charge in [0.05, 0.1) is 32.3 Å². The topological polar surface area (TPSA) is 94.9 Å². The highest BCUT2D eigenvalue weighted by molar-refractivity contribution is 7.80. The highest BCUT2D eigenvalue weighted by Crippen LogP contribution is 2.44. The summed E-state index contributed by atoms with van der Waals surface area (Å²) in [5, 5.41) is 18.4. The molecule has 2 N–H and O–H groups in total. The Morgan fingerprint density at radius 1 is 1.06 bits per heavy atom. The van der Waals surface area contributed by atoms with Crippen molar-refractivity contribution in [3.05, 3.63) is 62.7 Å². The monoisotopic (exact) mass is 441 g/mol. The predicted octanol–water partition coefficient (Wildman–Crippen LogP) is 3.89. The molecule has 162 valence electrons. The first-order chi connectivity index (χ1) is 15.0. The molecule has 0 fully saturated rings. The number of nitro groups is 1. The largest absolute Gasteiger partial charge is 0.493 e. The summed E-state index contributed by atoms with van der Waals surface area (Å²) in [6, 6.07) is 8.59. The van der Waals surface area contributed by atoms with E-state index in [4.69, 9.17) is 26.4 Å². The number of nitro benzene ring substituents is 1. The fraction of sp³-hybridized carbons (Fsp3) is 0.318. The number of aryl methyl sites for hydroxylation is 1. The second-order valence-corrected chi connectivity index (χ2v) is 7.75. The molecule has 0 spiro atoms. The van der Waals surface area contributed by atoms with Crippen molar-refractivity contribution in [3.63, 3.8) is 0 Å². The summed E-state index contributed by atoms with van der Waals surface area (Å²) in [5.74, 6) is 1.62. The molecule has 0 radical (unpaired) electrons. The van der Waals surface area contributed by atoms with Gasteiger partial charge in [0.1, 0.15) is 0 Å². The fourth-order valence-electron chi connectivity index (χ4n) is 4.25. The van der Waals surface area contributed by atoms with Crippen LogP contribution in [0.4, 0.5) is 5.69 Å². The zero-order valence-corrected chi connectivity index (χ0v) is 18.3. The minimum atomic E-state index is -0.374. The third-order valence-corrected chi connectivity index (χ3v) is 5.89. The number of benzene rings is 2. The molecule has 0 saturated heterocycles. The van der Waals surface area contributed by atoms with Crippen LogP contribution in [0.25, 0.3) is 5.70 Å². The summed E-state index contributed by atoms with van der Waals surface area (Å²) in [7, 11) is 4.72. The van der Waals surface area contributed by atoms with Crippen molar-refractivity contribution in [1.29, 1.82) is 0 Å². The van der Waals surface area contributed by atoms with Gasteiger partial charge in [0.15, 0.2) is 16.6 Å². The second-order valence-electron chi connectivity index (χ2n) is 7.34. The molecule has 2 aromatic rings. The summed E-state index contributed by atoms with van der Waals surface area (Å²) < 4.78 is 16.5. The van der Waals surface area contributed by atoms with Gasteiger partial charge in [-0.15, -0.1) is 0 Å². The standard InChI is InChI=1S/C22H23N3O5S/c1-28-17-9-13(10-18(29-2)21(17)30-3)19-15-6-4-5-12-7-8-14(25(26)27)11-16(12)20(15)24-22(31)23-19/h7-11,19H,4-6H2,1-3H3,(H2,23,24,31). The van der Waals surface area contributed by atoms with Crippen molar-refractivity contribution < 1.29 is 19.1 Å². The predicted molar refractivity (Wildman–Crippen MR) is 121 cm³/mol. The Morgan fingerprint density at radius 2 is 1.77 bits per heavy atom. The minimum Gasteiger partial charge on any atom is -0.493 e. The average Bonchev–Trinajstić information content (AvgIpc) is 2.96. The number of methoxy groups -OCH3 is 3. The van der Waals surface area contributed by atoms with Gasteiger partial charge >= 0.3 is 0 Å². The smallest absolute Gasteiger partial charge is 0.270 e. The van der Waals surface area contributed by atoms with Gasteiger partial charge in [-0.25, -0.2) is 0 Å². The van der Waals surface area contributed by atoms with Crippen molar-refractivity contribution in [1.82, 2.24) is 10.6 Å². The molecule has 1 heterocycles. The number of ether oxygens (including phenoxy) is 3. The molecule has 0 amide bonds. The van der Waals surface area contributed by atoms with Gasteiger partial charge in [0.2, 0.25) is 5.75 Å². The van der Waals surface area contributed by atoms with Crippen LogP contribution in [0.5, 0.6) is 17.2 Å². The Kier molecular flexibility index (Phi) is 5.69. The van der Waals surface area contributed by atoms with E-state index >= 15 is 0 Å². The maximum absolute atomic E-state index is 11.4. The molecular weight excluding hydrogens is 418 g/mol. The number of rotatable bonds is 5. The number of hydrogen-bond acceptors (Lipinski definition) is 6. The van der Waals surface area contributed by atoms with E-state index in [1.165, 1.54) is 0 Å². The van der Waals surface area contributed by atoms with Crippen LogP contribution in [-0.4, -0.2) is 31.4 Å². The zero-order chi connectivity index (χ0) is 22.1. The first kappa shape index (κ1) is 20.9. The second kappa shape index (κ2) is 8.43. The number of hydrogen-bond donors (Lipinski definition) is 2. The molecule has 8 nitrogen and oxygen atoms in total. The lowest BCUT2D eigenvalue weighted by atomic mass is 9.90. The SMILES string of the molecule is COc1cc(C2NC(=S)NC3=C2CCCc2ccc([N+](=O)[O-])cc23)cc(OC)c1OC. The van der Waals surface area contributed by atoms with Gasteiger partial charge in [0.25, 0.3) is 5.69 Å². The Hall–Kier alpha value is -3.33. The van der Waals surface area contributed by atoms with Crippen LogP contribution in [0.1, 0.15) is 35.6 Å². The molecule has 0 aromatic heterocycles. The summed E-state index contributed by atoms with van der Waals surface area (Å²) in [5.41, 5.74) is 4.77. The third-order valence-electron chi connectivity index (χ3n) is 5.67. The number of non-ortho nitro benzene ring substituents is 1. The lowest BCUT2D eigenvalue weighted by molar-refractivity contribution is -0.384. The van der Waals surface area contributed by atoms with E-state index in [2.05, 4.69) is 10.6 Å². The van der Waals surface area contributed by atoms with Crippen molar-refractivity contribution in [2.45, 2.75) is 25.3 Å². The Bertz CT molecular complexity index is 1070. The van der Waals surface area contributed by atoms with Gasteiger partial charge in [-0.2, -0.15) is 0 Å². The van der Waals surface area contributed by atoms with Crippen molar-refractivity contribution >= 4 is 28.7 Å². The summed E-state index contributed by atoms with van der Waals surface area (Å²) in [6.07, 6.45) is 2.55. The number of nitrogens with zero attached hydrogens (tertiary/aromatic N) is 1. The van der Waals surface area contributed by atoms with Gasteiger partial charge in [-0.3, -0.25) is 10.1 Å². The van der Waals surface area contributed by atoms with Crippen LogP contribution < -0.4 is 24.8 Å². The maximum Gasteiger partial charge on any atom is 0.270 e. The van der Waals surface area contributed by atoms with Crippen LogP contribution in [-0.2, 0) is 6.42 Å². The highest BCUT2D eigenvalue weighted by atomic mass is 32.1. The first-order valence-electron chi connectivity index (χ1n) is 9.85. The van der Waals surface area contributed by atoms with Crippen LogP contribution in [0.15, 0.2) is 35.9 Å². The third kappa shape index (κ3) is 3.76. The van der Waals surface area contributed by atoms with E-state index in [0.717, 1.165) is 47.2 Å². The Morgan fingerprint density at radius 3 is 2.39 bits per heavy atom. The molecule has 0 bridgehead atoms. The zero-order valence-electron chi connectivity index (χ0n) is 17.5. The number of nitrogens with one attached hydrogen (secondary N) is 2. The lowest BCUT2D eigenvalue weighted by Crippen LogP contribution is -2.43. The summed E-state index contributed by atoms with van der Waals surface area (Å²) in [4.78, 5) is 11.0. The van der Waals surface area contributed by atoms with Crippen LogP contribution >= 0.6 is 12.2 Å². The van der Waals surface area contributed by atoms with Crippen LogP contribution in [0.3, 0.4) is 0 Å².